The number of anilines is 1. The van der Waals surface area contributed by atoms with Crippen LogP contribution in [0.4, 0.5) is 5.69 Å². The molecule has 3 nitrogen and oxygen atoms in total. The zero-order valence-corrected chi connectivity index (χ0v) is 9.91. The number of hydrogen-bond donors (Lipinski definition) is 1. The number of hydrogen-bond acceptors (Lipinski definition) is 3. The molecule has 0 radical (unpaired) electrons. The first-order chi connectivity index (χ1) is 7.25. The molecule has 0 saturated carbocycles. The molecular weight excluding hydrogens is 256 g/mol. The predicted molar refractivity (Wildman–Crippen MR) is 62.7 cm³/mol. The topological polar surface area (TPSA) is 38.1 Å². The van der Waals surface area contributed by atoms with Gasteiger partial charge in [0.05, 0.1) is 12.7 Å². The summed E-state index contributed by atoms with van der Waals surface area (Å²) in [4.78, 5) is 3.85. The summed E-state index contributed by atoms with van der Waals surface area (Å²) in [6.45, 7) is 2.71. The number of benzene rings is 1. The van der Waals surface area contributed by atoms with E-state index in [4.69, 9.17) is 4.42 Å². The molecule has 0 amide bonds. The number of nitrogens with one attached hydrogen (secondary N) is 1. The van der Waals surface area contributed by atoms with Crippen molar-refractivity contribution in [3.05, 3.63) is 46.6 Å². The number of aromatic nitrogens is 1. The molecule has 1 aromatic carbocycles. The van der Waals surface area contributed by atoms with Crippen molar-refractivity contribution >= 4 is 21.6 Å². The lowest BCUT2D eigenvalue weighted by atomic mass is 10.2. The Hall–Kier alpha value is -1.29. The Morgan fingerprint density at radius 3 is 3.00 bits per heavy atom. The van der Waals surface area contributed by atoms with E-state index in [1.54, 1.807) is 6.20 Å². The molecule has 0 saturated heterocycles. The highest BCUT2D eigenvalue weighted by atomic mass is 79.9. The first-order valence-electron chi connectivity index (χ1n) is 4.63. The van der Waals surface area contributed by atoms with Crippen LogP contribution in [0.5, 0.6) is 0 Å². The van der Waals surface area contributed by atoms with E-state index < -0.39 is 0 Å². The van der Waals surface area contributed by atoms with Gasteiger partial charge >= 0.3 is 0 Å². The Balaban J connectivity index is 2.02. The summed E-state index contributed by atoms with van der Waals surface area (Å²) in [5.41, 5.74) is 2.28. The quantitative estimate of drug-likeness (QED) is 0.926. The van der Waals surface area contributed by atoms with Crippen molar-refractivity contribution in [1.82, 2.24) is 4.98 Å². The van der Waals surface area contributed by atoms with Gasteiger partial charge in [0, 0.05) is 10.2 Å². The minimum atomic E-state index is 0.648. The Morgan fingerprint density at radius 2 is 2.33 bits per heavy atom. The van der Waals surface area contributed by atoms with Crippen LogP contribution in [0.2, 0.25) is 0 Å². The molecule has 1 N–H and O–H groups in total. The molecule has 0 unspecified atom stereocenters. The molecule has 1 heterocycles. The van der Waals surface area contributed by atoms with Gasteiger partial charge in [0.2, 0.25) is 0 Å². The summed E-state index contributed by atoms with van der Waals surface area (Å²) < 4.78 is 6.23. The first-order valence-corrected chi connectivity index (χ1v) is 5.42. The van der Waals surface area contributed by atoms with Crippen molar-refractivity contribution in [2.24, 2.45) is 0 Å². The van der Waals surface area contributed by atoms with Crippen LogP contribution >= 0.6 is 15.9 Å². The monoisotopic (exact) mass is 266 g/mol. The highest BCUT2D eigenvalue weighted by molar-refractivity contribution is 9.10. The summed E-state index contributed by atoms with van der Waals surface area (Å²) in [7, 11) is 0. The normalized spacial score (nSPS) is 10.3. The van der Waals surface area contributed by atoms with Crippen molar-refractivity contribution < 1.29 is 4.42 Å². The number of oxazole rings is 1. The molecule has 4 heteroatoms. The molecule has 2 rings (SSSR count). The molecule has 0 aliphatic rings. The fraction of sp³-hybridized carbons (Fsp3) is 0.182. The molecule has 0 spiro atoms. The number of halogens is 1. The number of rotatable bonds is 3. The van der Waals surface area contributed by atoms with Gasteiger partial charge in [0.1, 0.15) is 5.76 Å². The first kappa shape index (κ1) is 10.2. The van der Waals surface area contributed by atoms with Gasteiger partial charge in [0.25, 0.3) is 0 Å². The largest absolute Gasteiger partial charge is 0.447 e. The highest BCUT2D eigenvalue weighted by Crippen LogP contribution is 2.20. The molecule has 0 aliphatic heterocycles. The van der Waals surface area contributed by atoms with Gasteiger partial charge in [-0.2, -0.15) is 0 Å². The number of nitrogens with zero attached hydrogens (tertiary/aromatic N) is 1. The second kappa shape index (κ2) is 4.49. The van der Waals surface area contributed by atoms with Crippen LogP contribution in [-0.4, -0.2) is 4.98 Å². The van der Waals surface area contributed by atoms with E-state index in [0.717, 1.165) is 15.9 Å². The van der Waals surface area contributed by atoms with Crippen molar-refractivity contribution in [2.75, 3.05) is 5.32 Å². The average Bonchev–Trinajstić information content (AvgIpc) is 2.73. The minimum absolute atomic E-state index is 0.648. The van der Waals surface area contributed by atoms with Gasteiger partial charge in [-0.3, -0.25) is 0 Å². The smallest absolute Gasteiger partial charge is 0.180 e. The maximum absolute atomic E-state index is 5.12. The van der Waals surface area contributed by atoms with Crippen molar-refractivity contribution in [3.8, 4) is 0 Å². The Labute approximate surface area is 96.6 Å². The van der Waals surface area contributed by atoms with E-state index in [1.807, 2.05) is 12.1 Å². The Morgan fingerprint density at radius 1 is 1.47 bits per heavy atom. The van der Waals surface area contributed by atoms with Gasteiger partial charge in [-0.05, 0) is 24.6 Å². The summed E-state index contributed by atoms with van der Waals surface area (Å²) in [6, 6.07) is 6.15. The van der Waals surface area contributed by atoms with Crippen molar-refractivity contribution in [3.63, 3.8) is 0 Å². The van der Waals surface area contributed by atoms with Crippen LogP contribution in [-0.2, 0) is 6.54 Å². The van der Waals surface area contributed by atoms with Crippen molar-refractivity contribution in [2.45, 2.75) is 13.5 Å². The lowest BCUT2D eigenvalue weighted by Gasteiger charge is -2.05. The van der Waals surface area contributed by atoms with E-state index in [1.165, 1.54) is 12.0 Å². The molecule has 1 aromatic heterocycles. The van der Waals surface area contributed by atoms with Crippen LogP contribution in [0.3, 0.4) is 0 Å². The molecular formula is C11H11BrN2O. The standard InChI is InChI=1S/C11H11BrN2O/c1-8-2-3-9(4-11(8)12)14-6-10-5-13-7-15-10/h2-5,7,14H,6H2,1H3. The zero-order chi connectivity index (χ0) is 10.7. The third kappa shape index (κ3) is 2.59. The molecule has 0 aliphatic carbocycles. The second-order valence-electron chi connectivity index (χ2n) is 3.29. The zero-order valence-electron chi connectivity index (χ0n) is 8.33. The summed E-state index contributed by atoms with van der Waals surface area (Å²) in [5, 5.41) is 3.25. The third-order valence-electron chi connectivity index (χ3n) is 2.12. The summed E-state index contributed by atoms with van der Waals surface area (Å²) in [6.07, 6.45) is 3.14. The van der Waals surface area contributed by atoms with Crippen LogP contribution in [0.25, 0.3) is 0 Å². The van der Waals surface area contributed by atoms with Crippen LogP contribution in [0.15, 0.2) is 39.7 Å². The van der Waals surface area contributed by atoms with Gasteiger partial charge < -0.3 is 9.73 Å². The van der Waals surface area contributed by atoms with Gasteiger partial charge in [-0.15, -0.1) is 0 Å². The molecule has 0 bridgehead atoms. The SMILES string of the molecule is Cc1ccc(NCc2cnco2)cc1Br. The second-order valence-corrected chi connectivity index (χ2v) is 4.14. The molecule has 78 valence electrons. The van der Waals surface area contributed by atoms with Crippen LogP contribution in [0, 0.1) is 6.92 Å². The molecule has 0 fully saturated rings. The van der Waals surface area contributed by atoms with E-state index in [0.29, 0.717) is 6.54 Å². The predicted octanol–water partition coefficient (Wildman–Crippen LogP) is 3.36. The molecule has 2 aromatic rings. The average molecular weight is 267 g/mol. The van der Waals surface area contributed by atoms with Crippen LogP contribution in [0.1, 0.15) is 11.3 Å². The molecule has 0 atom stereocenters. The fourth-order valence-corrected chi connectivity index (χ4v) is 1.60. The van der Waals surface area contributed by atoms with Crippen LogP contribution < -0.4 is 5.32 Å². The van der Waals surface area contributed by atoms with E-state index in [-0.39, 0.29) is 0 Å². The summed E-state index contributed by atoms with van der Waals surface area (Å²) >= 11 is 3.49. The lowest BCUT2D eigenvalue weighted by molar-refractivity contribution is 0.512. The molecule has 15 heavy (non-hydrogen) atoms. The Kier molecular flexibility index (Phi) is 3.06. The van der Waals surface area contributed by atoms with Gasteiger partial charge in [0.15, 0.2) is 6.39 Å². The maximum atomic E-state index is 5.12. The minimum Gasteiger partial charge on any atom is -0.447 e. The van der Waals surface area contributed by atoms with E-state index in [2.05, 4.69) is 39.2 Å². The highest BCUT2D eigenvalue weighted by Gasteiger charge is 1.99. The van der Waals surface area contributed by atoms with Gasteiger partial charge in [-0.1, -0.05) is 22.0 Å². The third-order valence-corrected chi connectivity index (χ3v) is 2.98. The number of aryl methyl sites for hydroxylation is 1. The Bertz CT molecular complexity index is 440. The maximum Gasteiger partial charge on any atom is 0.180 e. The van der Waals surface area contributed by atoms with Gasteiger partial charge in [-0.25, -0.2) is 4.98 Å². The van der Waals surface area contributed by atoms with E-state index >= 15 is 0 Å². The fourth-order valence-electron chi connectivity index (χ4n) is 1.22. The lowest BCUT2D eigenvalue weighted by Crippen LogP contribution is -1.98. The van der Waals surface area contributed by atoms with Crippen molar-refractivity contribution in [1.29, 1.82) is 0 Å². The van der Waals surface area contributed by atoms with E-state index in [9.17, 15) is 0 Å². The summed E-state index contributed by atoms with van der Waals surface area (Å²) in [5.74, 6) is 0.826.